The van der Waals surface area contributed by atoms with Crippen LogP contribution in [0, 0.1) is 0 Å². The smallest absolute Gasteiger partial charge is 0.227 e. The Balaban J connectivity index is 1.69. The van der Waals surface area contributed by atoms with Crippen LogP contribution < -0.4 is 0 Å². The monoisotopic (exact) mass is 368 g/mol. The summed E-state index contributed by atoms with van der Waals surface area (Å²) < 4.78 is 0. The normalized spacial score (nSPS) is 25.2. The summed E-state index contributed by atoms with van der Waals surface area (Å²) in [7, 11) is 0. The quantitative estimate of drug-likeness (QED) is 0.785. The Morgan fingerprint density at radius 1 is 1.12 bits per heavy atom. The third-order valence-corrected chi connectivity index (χ3v) is 6.06. The van der Waals surface area contributed by atoms with E-state index in [1.54, 1.807) is 6.07 Å². The largest absolute Gasteiger partial charge is 0.335 e. The third kappa shape index (κ3) is 4.25. The molecule has 0 unspecified atom stereocenters. The molecule has 1 aromatic carbocycles. The fraction of sp³-hybridized carbons (Fsp3) is 0.632. The van der Waals surface area contributed by atoms with Crippen molar-refractivity contribution in [3.8, 4) is 0 Å². The van der Waals surface area contributed by atoms with Gasteiger partial charge < -0.3 is 9.80 Å². The molecule has 2 fully saturated rings. The van der Waals surface area contributed by atoms with E-state index in [-0.39, 0.29) is 5.91 Å². The lowest BCUT2D eigenvalue weighted by molar-refractivity contribution is -0.137. The number of benzene rings is 1. The van der Waals surface area contributed by atoms with Crippen LogP contribution in [0.1, 0.15) is 44.6 Å². The minimum atomic E-state index is 0.213. The maximum atomic E-state index is 13.0. The summed E-state index contributed by atoms with van der Waals surface area (Å²) in [4.78, 5) is 17.6. The highest BCUT2D eigenvalue weighted by Crippen LogP contribution is 2.27. The van der Waals surface area contributed by atoms with Gasteiger partial charge in [-0.2, -0.15) is 0 Å². The van der Waals surface area contributed by atoms with E-state index < -0.39 is 0 Å². The van der Waals surface area contributed by atoms with Crippen molar-refractivity contribution in [2.75, 3.05) is 19.6 Å². The molecule has 0 aliphatic carbocycles. The average molecular weight is 369 g/mol. The number of halogens is 2. The van der Waals surface area contributed by atoms with Gasteiger partial charge in [0.1, 0.15) is 0 Å². The van der Waals surface area contributed by atoms with E-state index in [4.69, 9.17) is 23.2 Å². The van der Waals surface area contributed by atoms with Crippen LogP contribution in [0.3, 0.4) is 0 Å². The number of amides is 1. The molecule has 0 saturated carbocycles. The number of likely N-dealkylation sites (tertiary alicyclic amines) is 2. The number of rotatable bonds is 4. The first-order chi connectivity index (χ1) is 11.5. The molecule has 3 rings (SSSR count). The highest BCUT2D eigenvalue weighted by Gasteiger charge is 2.33. The van der Waals surface area contributed by atoms with Gasteiger partial charge in [0, 0.05) is 18.6 Å². The van der Waals surface area contributed by atoms with Crippen LogP contribution in [0.4, 0.5) is 0 Å². The van der Waals surface area contributed by atoms with E-state index in [0.29, 0.717) is 28.5 Å². The molecule has 1 aromatic rings. The van der Waals surface area contributed by atoms with Crippen molar-refractivity contribution in [2.45, 2.75) is 57.5 Å². The predicted octanol–water partition coefficient (Wildman–Crippen LogP) is 4.40. The molecule has 1 amide bonds. The number of hydrogen-bond donors (Lipinski definition) is 0. The SMILES string of the molecule is C[C@H]1CCC[C@@H](CN2CCCC2)N1C(=O)Cc1ccc(Cl)c(Cl)c1. The van der Waals surface area contributed by atoms with Gasteiger partial charge in [-0.15, -0.1) is 0 Å². The Morgan fingerprint density at radius 2 is 1.88 bits per heavy atom. The molecule has 2 heterocycles. The fourth-order valence-electron chi connectivity index (χ4n) is 4.09. The minimum absolute atomic E-state index is 0.213. The predicted molar refractivity (Wildman–Crippen MR) is 99.8 cm³/mol. The molecule has 24 heavy (non-hydrogen) atoms. The zero-order valence-corrected chi connectivity index (χ0v) is 15.8. The lowest BCUT2D eigenvalue weighted by Crippen LogP contribution is -2.53. The first-order valence-corrected chi connectivity index (χ1v) is 9.77. The van der Waals surface area contributed by atoms with Gasteiger partial charge in [-0.1, -0.05) is 29.3 Å². The zero-order valence-electron chi connectivity index (χ0n) is 14.3. The van der Waals surface area contributed by atoms with Gasteiger partial charge in [0.05, 0.1) is 16.5 Å². The van der Waals surface area contributed by atoms with Crippen LogP contribution in [0.5, 0.6) is 0 Å². The molecule has 0 spiro atoms. The van der Waals surface area contributed by atoms with Crippen molar-refractivity contribution in [1.82, 2.24) is 9.80 Å². The Labute approximate surface area is 154 Å². The van der Waals surface area contributed by atoms with Crippen LogP contribution >= 0.6 is 23.2 Å². The van der Waals surface area contributed by atoms with Crippen LogP contribution in [0.25, 0.3) is 0 Å². The summed E-state index contributed by atoms with van der Waals surface area (Å²) >= 11 is 12.1. The number of hydrogen-bond acceptors (Lipinski definition) is 2. The molecule has 2 aliphatic heterocycles. The summed E-state index contributed by atoms with van der Waals surface area (Å²) in [5, 5.41) is 1.05. The molecule has 2 aliphatic rings. The topological polar surface area (TPSA) is 23.6 Å². The molecule has 2 saturated heterocycles. The maximum absolute atomic E-state index is 13.0. The zero-order chi connectivity index (χ0) is 17.1. The van der Waals surface area contributed by atoms with Crippen LogP contribution in [-0.2, 0) is 11.2 Å². The van der Waals surface area contributed by atoms with Gasteiger partial charge in [-0.05, 0) is 69.8 Å². The Hall–Kier alpha value is -0.770. The summed E-state index contributed by atoms with van der Waals surface area (Å²) in [5.41, 5.74) is 0.937. The van der Waals surface area contributed by atoms with Crippen molar-refractivity contribution in [2.24, 2.45) is 0 Å². The van der Waals surface area contributed by atoms with E-state index in [1.165, 1.54) is 32.4 Å². The number of carbonyl (C=O) groups excluding carboxylic acids is 1. The average Bonchev–Trinajstić information content (AvgIpc) is 3.04. The maximum Gasteiger partial charge on any atom is 0.227 e. The van der Waals surface area contributed by atoms with E-state index in [9.17, 15) is 4.79 Å². The second-order valence-electron chi connectivity index (χ2n) is 7.17. The lowest BCUT2D eigenvalue weighted by Gasteiger charge is -2.42. The molecule has 5 heteroatoms. The van der Waals surface area contributed by atoms with Crippen molar-refractivity contribution in [1.29, 1.82) is 0 Å². The number of nitrogens with zero attached hydrogens (tertiary/aromatic N) is 2. The van der Waals surface area contributed by atoms with Gasteiger partial charge in [-0.25, -0.2) is 0 Å². The standard InChI is InChI=1S/C19H26Cl2N2O/c1-14-5-4-6-16(13-22-9-2-3-10-22)23(14)19(24)12-15-7-8-17(20)18(21)11-15/h7-8,11,14,16H,2-6,9-10,12-13H2,1H3/t14-,16-/m0/s1. The molecule has 3 nitrogen and oxygen atoms in total. The molecule has 0 N–H and O–H groups in total. The lowest BCUT2D eigenvalue weighted by atomic mass is 9.95. The summed E-state index contributed by atoms with van der Waals surface area (Å²) in [6.45, 7) is 5.57. The van der Waals surface area contributed by atoms with Crippen LogP contribution in [0.2, 0.25) is 10.0 Å². The van der Waals surface area contributed by atoms with E-state index in [1.807, 2.05) is 12.1 Å². The molecular weight excluding hydrogens is 343 g/mol. The minimum Gasteiger partial charge on any atom is -0.335 e. The van der Waals surface area contributed by atoms with Crippen molar-refractivity contribution < 1.29 is 4.79 Å². The molecule has 0 radical (unpaired) electrons. The number of piperidine rings is 1. The highest BCUT2D eigenvalue weighted by molar-refractivity contribution is 6.42. The Morgan fingerprint density at radius 3 is 2.58 bits per heavy atom. The Kier molecular flexibility index (Phi) is 6.07. The Bertz CT molecular complexity index is 587. The molecule has 0 bridgehead atoms. The second kappa shape index (κ2) is 8.07. The first-order valence-electron chi connectivity index (χ1n) is 9.02. The van der Waals surface area contributed by atoms with Crippen molar-refractivity contribution in [3.63, 3.8) is 0 Å². The summed E-state index contributed by atoms with van der Waals surface area (Å²) in [6, 6.07) is 6.15. The summed E-state index contributed by atoms with van der Waals surface area (Å²) in [6.07, 6.45) is 6.42. The molecule has 2 atom stereocenters. The van der Waals surface area contributed by atoms with E-state index in [2.05, 4.69) is 16.7 Å². The van der Waals surface area contributed by atoms with E-state index >= 15 is 0 Å². The van der Waals surface area contributed by atoms with Gasteiger partial charge in [0.15, 0.2) is 0 Å². The molecule has 0 aromatic heterocycles. The molecular formula is C19H26Cl2N2O. The highest BCUT2D eigenvalue weighted by atomic mass is 35.5. The first kappa shape index (κ1) is 18.0. The van der Waals surface area contributed by atoms with Gasteiger partial charge >= 0.3 is 0 Å². The van der Waals surface area contributed by atoms with Crippen LogP contribution in [0.15, 0.2) is 18.2 Å². The van der Waals surface area contributed by atoms with Crippen molar-refractivity contribution in [3.05, 3.63) is 33.8 Å². The number of carbonyl (C=O) groups is 1. The van der Waals surface area contributed by atoms with Gasteiger partial charge in [0.2, 0.25) is 5.91 Å². The van der Waals surface area contributed by atoms with Crippen molar-refractivity contribution >= 4 is 29.1 Å². The van der Waals surface area contributed by atoms with Gasteiger partial charge in [-0.3, -0.25) is 4.79 Å². The van der Waals surface area contributed by atoms with Gasteiger partial charge in [0.25, 0.3) is 0 Å². The summed E-state index contributed by atoms with van der Waals surface area (Å²) in [5.74, 6) is 0.213. The molecule has 132 valence electrons. The fourth-order valence-corrected chi connectivity index (χ4v) is 4.42. The van der Waals surface area contributed by atoms with Crippen LogP contribution in [-0.4, -0.2) is 47.4 Å². The van der Waals surface area contributed by atoms with E-state index in [0.717, 1.165) is 24.9 Å². The third-order valence-electron chi connectivity index (χ3n) is 5.32. The second-order valence-corrected chi connectivity index (χ2v) is 7.98.